The standard InChI is InChI=1S/C21H29N3/c1-4-20-22-17-9-15-10-19-13(2)21(3,16(15)11-18(17)23-20)7-8-24(19)12-14-5-6-14/h9,11,13-14,19H,4-8,10,12H2,1-3H3,(H,22,23)/t13-,19+,21+/m0/s1. The van der Waals surface area contributed by atoms with Crippen molar-refractivity contribution in [3.8, 4) is 0 Å². The fourth-order valence-corrected chi connectivity index (χ4v) is 5.30. The number of benzene rings is 1. The molecular formula is C21H29N3. The minimum Gasteiger partial charge on any atom is -0.342 e. The molecule has 3 nitrogen and oxygen atoms in total. The molecule has 3 aliphatic rings. The zero-order chi connectivity index (χ0) is 16.5. The second kappa shape index (κ2) is 5.08. The highest BCUT2D eigenvalue weighted by Crippen LogP contribution is 2.50. The first-order chi connectivity index (χ1) is 11.6. The number of hydrogen-bond donors (Lipinski definition) is 1. The van der Waals surface area contributed by atoms with Crippen molar-refractivity contribution in [3.63, 3.8) is 0 Å². The number of hydrogen-bond acceptors (Lipinski definition) is 2. The summed E-state index contributed by atoms with van der Waals surface area (Å²) < 4.78 is 0. The number of aromatic nitrogens is 2. The van der Waals surface area contributed by atoms with Gasteiger partial charge in [0.05, 0.1) is 11.0 Å². The van der Waals surface area contributed by atoms with E-state index in [0.29, 0.717) is 5.41 Å². The van der Waals surface area contributed by atoms with E-state index in [4.69, 9.17) is 4.98 Å². The maximum atomic E-state index is 4.80. The summed E-state index contributed by atoms with van der Waals surface area (Å²) in [6, 6.07) is 5.54. The number of rotatable bonds is 3. The lowest BCUT2D eigenvalue weighted by Gasteiger charge is -2.54. The predicted octanol–water partition coefficient (Wildman–Crippen LogP) is 4.06. The van der Waals surface area contributed by atoms with E-state index in [-0.39, 0.29) is 0 Å². The van der Waals surface area contributed by atoms with Gasteiger partial charge >= 0.3 is 0 Å². The molecule has 3 heteroatoms. The van der Waals surface area contributed by atoms with Crippen LogP contribution in [-0.4, -0.2) is 34.0 Å². The molecule has 2 aliphatic carbocycles. The summed E-state index contributed by atoms with van der Waals surface area (Å²) >= 11 is 0. The minimum absolute atomic E-state index is 0.317. The van der Waals surface area contributed by atoms with E-state index >= 15 is 0 Å². The van der Waals surface area contributed by atoms with Gasteiger partial charge in [0.15, 0.2) is 0 Å². The van der Waals surface area contributed by atoms with E-state index in [1.54, 1.807) is 11.1 Å². The topological polar surface area (TPSA) is 31.9 Å². The molecule has 0 radical (unpaired) electrons. The van der Waals surface area contributed by atoms with E-state index < -0.39 is 0 Å². The normalized spacial score (nSPS) is 33.0. The van der Waals surface area contributed by atoms with E-state index in [9.17, 15) is 0 Å². The van der Waals surface area contributed by atoms with Crippen LogP contribution in [-0.2, 0) is 18.3 Å². The summed E-state index contributed by atoms with van der Waals surface area (Å²) in [4.78, 5) is 11.1. The van der Waals surface area contributed by atoms with Gasteiger partial charge in [0, 0.05) is 19.0 Å². The summed E-state index contributed by atoms with van der Waals surface area (Å²) in [5.41, 5.74) is 5.87. The van der Waals surface area contributed by atoms with E-state index in [2.05, 4.69) is 42.8 Å². The number of imidazole rings is 1. The number of aryl methyl sites for hydroxylation is 1. The van der Waals surface area contributed by atoms with Crippen LogP contribution in [0.2, 0.25) is 0 Å². The summed E-state index contributed by atoms with van der Waals surface area (Å²) in [5.74, 6) is 2.84. The number of likely N-dealkylation sites (tertiary alicyclic amines) is 1. The molecule has 2 aromatic rings. The van der Waals surface area contributed by atoms with Gasteiger partial charge in [0.2, 0.25) is 0 Å². The van der Waals surface area contributed by atoms with Gasteiger partial charge in [0.25, 0.3) is 0 Å². The Bertz CT molecular complexity index is 788. The van der Waals surface area contributed by atoms with Crippen molar-refractivity contribution < 1.29 is 0 Å². The van der Waals surface area contributed by atoms with Crippen molar-refractivity contribution in [2.75, 3.05) is 13.1 Å². The Kier molecular flexibility index (Phi) is 3.16. The highest BCUT2D eigenvalue weighted by atomic mass is 15.2. The number of nitrogens with one attached hydrogen (secondary N) is 1. The number of H-pyrrole nitrogens is 1. The molecule has 3 atom stereocenters. The molecular weight excluding hydrogens is 294 g/mol. The first-order valence-electron chi connectivity index (χ1n) is 9.84. The third-order valence-electron chi connectivity index (χ3n) is 7.29. The molecule has 2 fully saturated rings. The molecule has 0 amide bonds. The number of nitrogens with zero attached hydrogens (tertiary/aromatic N) is 2. The zero-order valence-corrected chi connectivity index (χ0v) is 15.2. The molecule has 1 aromatic heterocycles. The van der Waals surface area contributed by atoms with Gasteiger partial charge in [-0.25, -0.2) is 4.98 Å². The van der Waals surface area contributed by atoms with Crippen LogP contribution in [0, 0.1) is 11.8 Å². The number of fused-ring (bicyclic) bond motifs is 5. The predicted molar refractivity (Wildman–Crippen MR) is 98.4 cm³/mol. The second-order valence-corrected chi connectivity index (χ2v) is 8.73. The minimum atomic E-state index is 0.317. The molecule has 1 N–H and O–H groups in total. The lowest BCUT2D eigenvalue weighted by molar-refractivity contribution is 0.0285. The molecule has 1 saturated carbocycles. The average Bonchev–Trinajstić information content (AvgIpc) is 3.29. The Morgan fingerprint density at radius 1 is 1.33 bits per heavy atom. The first-order valence-corrected chi connectivity index (χ1v) is 9.84. The molecule has 1 aliphatic heterocycles. The molecule has 24 heavy (non-hydrogen) atoms. The van der Waals surface area contributed by atoms with E-state index in [0.717, 1.165) is 35.6 Å². The van der Waals surface area contributed by atoms with Crippen molar-refractivity contribution >= 4 is 11.0 Å². The summed E-state index contributed by atoms with van der Waals surface area (Å²) in [6.45, 7) is 9.80. The van der Waals surface area contributed by atoms with Gasteiger partial charge in [-0.2, -0.15) is 0 Å². The Morgan fingerprint density at radius 2 is 2.17 bits per heavy atom. The molecule has 0 unspecified atom stereocenters. The third kappa shape index (κ3) is 2.10. The van der Waals surface area contributed by atoms with E-state index in [1.807, 2.05) is 0 Å². The van der Waals surface area contributed by atoms with Crippen molar-refractivity contribution in [3.05, 3.63) is 29.1 Å². The first kappa shape index (κ1) is 14.9. The van der Waals surface area contributed by atoms with Crippen LogP contribution in [0.15, 0.2) is 12.1 Å². The van der Waals surface area contributed by atoms with Crippen LogP contribution in [0.1, 0.15) is 57.0 Å². The maximum Gasteiger partial charge on any atom is 0.106 e. The van der Waals surface area contributed by atoms with Crippen molar-refractivity contribution in [1.29, 1.82) is 0 Å². The Morgan fingerprint density at radius 3 is 2.92 bits per heavy atom. The van der Waals surface area contributed by atoms with Gasteiger partial charge in [-0.05, 0) is 72.7 Å². The monoisotopic (exact) mass is 323 g/mol. The van der Waals surface area contributed by atoms with Crippen LogP contribution in [0.3, 0.4) is 0 Å². The fourth-order valence-electron chi connectivity index (χ4n) is 5.30. The fraction of sp³-hybridized carbons (Fsp3) is 0.667. The van der Waals surface area contributed by atoms with Crippen LogP contribution < -0.4 is 0 Å². The summed E-state index contributed by atoms with van der Waals surface area (Å²) in [6.07, 6.45) is 6.40. The van der Waals surface area contributed by atoms with Crippen LogP contribution in [0.5, 0.6) is 0 Å². The van der Waals surface area contributed by atoms with Gasteiger partial charge in [0.1, 0.15) is 5.82 Å². The van der Waals surface area contributed by atoms with Gasteiger partial charge < -0.3 is 4.98 Å². The smallest absolute Gasteiger partial charge is 0.106 e. The molecule has 2 heterocycles. The molecule has 0 spiro atoms. The number of aromatic amines is 1. The van der Waals surface area contributed by atoms with Crippen LogP contribution in [0.4, 0.5) is 0 Å². The van der Waals surface area contributed by atoms with E-state index in [1.165, 1.54) is 44.3 Å². The van der Waals surface area contributed by atoms with Gasteiger partial charge in [-0.15, -0.1) is 0 Å². The lowest BCUT2D eigenvalue weighted by atomic mass is 9.59. The quantitative estimate of drug-likeness (QED) is 0.924. The molecule has 5 rings (SSSR count). The van der Waals surface area contributed by atoms with Crippen molar-refractivity contribution in [1.82, 2.24) is 14.9 Å². The molecule has 1 aromatic carbocycles. The van der Waals surface area contributed by atoms with Crippen molar-refractivity contribution in [2.24, 2.45) is 11.8 Å². The average molecular weight is 323 g/mol. The highest BCUT2D eigenvalue weighted by molar-refractivity contribution is 5.78. The summed E-state index contributed by atoms with van der Waals surface area (Å²) in [5, 5.41) is 0. The molecule has 1 saturated heterocycles. The lowest BCUT2D eigenvalue weighted by Crippen LogP contribution is -2.58. The van der Waals surface area contributed by atoms with Crippen LogP contribution >= 0.6 is 0 Å². The maximum absolute atomic E-state index is 4.80. The SMILES string of the molecule is CCc1nc2cc3c(cc2[nH]1)C[C@@H]1[C@H](C)[C@@]3(C)CCN1CC1CC1. The number of piperidine rings is 1. The second-order valence-electron chi connectivity index (χ2n) is 8.73. The largest absolute Gasteiger partial charge is 0.342 e. The Labute approximate surface area is 144 Å². The zero-order valence-electron chi connectivity index (χ0n) is 15.2. The highest BCUT2D eigenvalue weighted by Gasteiger charge is 2.49. The Balaban J connectivity index is 1.59. The van der Waals surface area contributed by atoms with Crippen molar-refractivity contribution in [2.45, 2.75) is 64.3 Å². The Hall–Kier alpha value is -1.35. The van der Waals surface area contributed by atoms with Crippen LogP contribution in [0.25, 0.3) is 11.0 Å². The third-order valence-corrected chi connectivity index (χ3v) is 7.29. The van der Waals surface area contributed by atoms with Gasteiger partial charge in [-0.3, -0.25) is 4.90 Å². The van der Waals surface area contributed by atoms with Gasteiger partial charge in [-0.1, -0.05) is 20.8 Å². The summed E-state index contributed by atoms with van der Waals surface area (Å²) in [7, 11) is 0. The molecule has 128 valence electrons. The molecule has 2 bridgehead atoms.